The van der Waals surface area contributed by atoms with Crippen LogP contribution in [0.5, 0.6) is 0 Å². The summed E-state index contributed by atoms with van der Waals surface area (Å²) in [6.45, 7) is 1.94. The fraction of sp³-hybridized carbons (Fsp3) is 0.130. The third-order valence-corrected chi connectivity index (χ3v) is 5.74. The van der Waals surface area contributed by atoms with E-state index in [2.05, 4.69) is 15.5 Å². The summed E-state index contributed by atoms with van der Waals surface area (Å²) < 4.78 is 3.47. The number of rotatable bonds is 6. The van der Waals surface area contributed by atoms with E-state index in [1.54, 1.807) is 22.9 Å². The minimum Gasteiger partial charge on any atom is -0.350 e. The lowest BCUT2D eigenvalue weighted by Crippen LogP contribution is -2.24. The minimum atomic E-state index is -0.283. The number of carbonyl (C=O) groups excluding carboxylic acids is 1. The van der Waals surface area contributed by atoms with E-state index in [1.807, 2.05) is 73.3 Å². The third kappa shape index (κ3) is 4.44. The maximum Gasteiger partial charge on any atom is 0.266 e. The molecule has 0 atom stereocenters. The number of amides is 1. The summed E-state index contributed by atoms with van der Waals surface area (Å²) in [5.41, 5.74) is 5.52. The summed E-state index contributed by atoms with van der Waals surface area (Å²) in [5.74, 6) is -0.213. The van der Waals surface area contributed by atoms with E-state index < -0.39 is 0 Å². The number of nitrogens with zero attached hydrogens (tertiary/aromatic N) is 4. The first kappa shape index (κ1) is 20.6. The molecule has 8 heteroatoms. The highest BCUT2D eigenvalue weighted by molar-refractivity contribution is 7.99. The van der Waals surface area contributed by atoms with Gasteiger partial charge in [0, 0.05) is 13.2 Å². The molecule has 0 unspecified atom stereocenters. The molecule has 0 fully saturated rings. The normalized spacial score (nSPS) is 11.3. The molecule has 4 aromatic rings. The van der Waals surface area contributed by atoms with Gasteiger partial charge in [-0.1, -0.05) is 42.1 Å². The first-order valence-corrected chi connectivity index (χ1v) is 10.7. The van der Waals surface area contributed by atoms with Gasteiger partial charge in [-0.2, -0.15) is 5.10 Å². The van der Waals surface area contributed by atoms with Gasteiger partial charge < -0.3 is 4.57 Å². The first-order valence-electron chi connectivity index (χ1n) is 9.68. The summed E-state index contributed by atoms with van der Waals surface area (Å²) in [5, 5.41) is 4.99. The highest BCUT2D eigenvalue weighted by atomic mass is 32.2. The van der Waals surface area contributed by atoms with Gasteiger partial charge in [-0.05, 0) is 42.8 Å². The molecule has 156 valence electrons. The summed E-state index contributed by atoms with van der Waals surface area (Å²) in [6.07, 6.45) is 3.48. The average molecular weight is 432 g/mol. The zero-order valence-corrected chi connectivity index (χ0v) is 18.0. The van der Waals surface area contributed by atoms with Crippen LogP contribution in [0.25, 0.3) is 16.6 Å². The lowest BCUT2D eigenvalue weighted by atomic mass is 10.2. The lowest BCUT2D eigenvalue weighted by Gasteiger charge is -2.14. The molecular weight excluding hydrogens is 410 g/mol. The molecule has 1 N–H and O–H groups in total. The largest absolute Gasteiger partial charge is 0.350 e. The highest BCUT2D eigenvalue weighted by Gasteiger charge is 2.15. The molecule has 31 heavy (non-hydrogen) atoms. The number of aromatic nitrogens is 3. The number of fused-ring (bicyclic) bond motifs is 1. The van der Waals surface area contributed by atoms with Gasteiger partial charge in [-0.15, -0.1) is 0 Å². The molecule has 2 aromatic heterocycles. The van der Waals surface area contributed by atoms with Gasteiger partial charge in [-0.25, -0.2) is 10.4 Å². The summed E-state index contributed by atoms with van der Waals surface area (Å²) in [4.78, 5) is 30.3. The van der Waals surface area contributed by atoms with Crippen LogP contribution in [0.15, 0.2) is 81.9 Å². The van der Waals surface area contributed by atoms with Crippen LogP contribution in [-0.2, 0) is 11.8 Å². The van der Waals surface area contributed by atoms with Crippen molar-refractivity contribution in [2.24, 2.45) is 12.1 Å². The zero-order valence-electron chi connectivity index (χ0n) is 17.1. The van der Waals surface area contributed by atoms with Crippen molar-refractivity contribution in [1.82, 2.24) is 19.5 Å². The third-order valence-electron chi connectivity index (χ3n) is 4.80. The van der Waals surface area contributed by atoms with Crippen LogP contribution in [-0.4, -0.2) is 32.0 Å². The molecule has 0 aliphatic rings. The van der Waals surface area contributed by atoms with E-state index >= 15 is 0 Å². The molecule has 0 saturated carbocycles. The number of benzene rings is 2. The van der Waals surface area contributed by atoms with Gasteiger partial charge in [0.25, 0.3) is 11.5 Å². The Labute approximate surface area is 183 Å². The van der Waals surface area contributed by atoms with Gasteiger partial charge in [0.05, 0.1) is 34.3 Å². The van der Waals surface area contributed by atoms with E-state index in [0.717, 1.165) is 16.9 Å². The maximum absolute atomic E-state index is 13.3. The number of thioether (sulfide) groups is 1. The SMILES string of the molecule is Cc1ccccc1-n1c(SCC(=O)N/N=C/c2cccn2C)nc2ccccc2c1=O. The number of hydrogen-bond donors (Lipinski definition) is 1. The molecule has 4 rings (SSSR count). The van der Waals surface area contributed by atoms with E-state index in [-0.39, 0.29) is 17.2 Å². The number of aryl methyl sites for hydroxylation is 2. The Morgan fingerprint density at radius 3 is 2.68 bits per heavy atom. The summed E-state index contributed by atoms with van der Waals surface area (Å²) in [7, 11) is 1.90. The summed E-state index contributed by atoms with van der Waals surface area (Å²) >= 11 is 1.20. The Kier molecular flexibility index (Phi) is 5.99. The molecule has 0 aliphatic carbocycles. The maximum atomic E-state index is 13.3. The Bertz CT molecular complexity index is 1340. The van der Waals surface area contributed by atoms with Gasteiger partial charge in [-0.3, -0.25) is 14.2 Å². The van der Waals surface area contributed by atoms with Crippen LogP contribution < -0.4 is 11.0 Å². The van der Waals surface area contributed by atoms with Crippen molar-refractivity contribution in [2.75, 3.05) is 5.75 Å². The smallest absolute Gasteiger partial charge is 0.266 e. The molecule has 0 saturated heterocycles. The monoisotopic (exact) mass is 431 g/mol. The van der Waals surface area contributed by atoms with Gasteiger partial charge in [0.1, 0.15) is 0 Å². The Morgan fingerprint density at radius 2 is 1.90 bits per heavy atom. The van der Waals surface area contributed by atoms with Crippen molar-refractivity contribution in [3.05, 3.63) is 88.5 Å². The fourth-order valence-electron chi connectivity index (χ4n) is 3.18. The number of carbonyl (C=O) groups is 1. The molecule has 1 amide bonds. The van der Waals surface area contributed by atoms with Crippen molar-refractivity contribution in [2.45, 2.75) is 12.1 Å². The predicted octanol–water partition coefficient (Wildman–Crippen LogP) is 3.28. The lowest BCUT2D eigenvalue weighted by molar-refractivity contribution is -0.118. The number of hydrogen-bond acceptors (Lipinski definition) is 5. The van der Waals surface area contributed by atoms with Gasteiger partial charge in [0.15, 0.2) is 5.16 Å². The standard InChI is InChI=1S/C23H21N5O2S/c1-16-8-3-6-12-20(16)28-22(30)18-10-4-5-11-19(18)25-23(28)31-15-21(29)26-24-14-17-9-7-13-27(17)2/h3-14H,15H2,1-2H3,(H,26,29)/b24-14+. The first-order chi connectivity index (χ1) is 15.0. The molecule has 2 aromatic carbocycles. The predicted molar refractivity (Wildman–Crippen MR) is 124 cm³/mol. The van der Waals surface area contributed by atoms with Crippen LogP contribution >= 0.6 is 11.8 Å². The molecule has 0 aliphatic heterocycles. The van der Waals surface area contributed by atoms with E-state index in [1.165, 1.54) is 11.8 Å². The fourth-order valence-corrected chi connectivity index (χ4v) is 3.98. The van der Waals surface area contributed by atoms with Crippen molar-refractivity contribution in [3.63, 3.8) is 0 Å². The van der Waals surface area contributed by atoms with E-state index in [0.29, 0.717) is 16.1 Å². The second kappa shape index (κ2) is 9.01. The minimum absolute atomic E-state index is 0.0706. The van der Waals surface area contributed by atoms with Crippen molar-refractivity contribution in [3.8, 4) is 5.69 Å². The van der Waals surface area contributed by atoms with Crippen LogP contribution in [0.3, 0.4) is 0 Å². The number of para-hydroxylation sites is 2. The topological polar surface area (TPSA) is 81.3 Å². The highest BCUT2D eigenvalue weighted by Crippen LogP contribution is 2.22. The van der Waals surface area contributed by atoms with E-state index in [4.69, 9.17) is 0 Å². The molecule has 0 bridgehead atoms. The Hall–Kier alpha value is -3.65. The number of nitrogens with one attached hydrogen (secondary N) is 1. The molecule has 0 radical (unpaired) electrons. The average Bonchev–Trinajstić information content (AvgIpc) is 3.18. The molecular formula is C23H21N5O2S. The molecule has 7 nitrogen and oxygen atoms in total. The van der Waals surface area contributed by atoms with E-state index in [9.17, 15) is 9.59 Å². The van der Waals surface area contributed by atoms with Crippen molar-refractivity contribution >= 4 is 34.8 Å². The molecule has 0 spiro atoms. The number of hydrazone groups is 1. The molecule has 2 heterocycles. The summed E-state index contributed by atoms with van der Waals surface area (Å²) in [6, 6.07) is 18.6. The Balaban J connectivity index is 1.61. The van der Waals surface area contributed by atoms with Crippen LogP contribution in [0.1, 0.15) is 11.3 Å². The van der Waals surface area contributed by atoms with Crippen LogP contribution in [0.2, 0.25) is 0 Å². The van der Waals surface area contributed by atoms with Crippen molar-refractivity contribution < 1.29 is 4.79 Å². The van der Waals surface area contributed by atoms with Crippen molar-refractivity contribution in [1.29, 1.82) is 0 Å². The van der Waals surface area contributed by atoms with Crippen LogP contribution in [0, 0.1) is 6.92 Å². The quantitative estimate of drug-likeness (QED) is 0.220. The zero-order chi connectivity index (χ0) is 21.8. The Morgan fingerprint density at radius 1 is 1.13 bits per heavy atom. The second-order valence-corrected chi connectivity index (χ2v) is 7.91. The van der Waals surface area contributed by atoms with Gasteiger partial charge >= 0.3 is 0 Å². The van der Waals surface area contributed by atoms with Crippen LogP contribution in [0.4, 0.5) is 0 Å². The second-order valence-electron chi connectivity index (χ2n) is 6.96. The van der Waals surface area contributed by atoms with Gasteiger partial charge in [0.2, 0.25) is 0 Å².